The van der Waals surface area contributed by atoms with Gasteiger partial charge < -0.3 is 16.0 Å². The highest BCUT2D eigenvalue weighted by atomic mass is 16.2. The zero-order valence-electron chi connectivity index (χ0n) is 13.0. The maximum Gasteiger partial charge on any atom is 0.242 e. The van der Waals surface area contributed by atoms with E-state index >= 15 is 0 Å². The van der Waals surface area contributed by atoms with Crippen molar-refractivity contribution in [1.29, 1.82) is 0 Å². The van der Waals surface area contributed by atoms with Gasteiger partial charge in [0.05, 0.1) is 6.04 Å². The lowest BCUT2D eigenvalue weighted by molar-refractivity contribution is -0.122. The molecule has 2 aromatic rings. The van der Waals surface area contributed by atoms with E-state index in [1.807, 2.05) is 26.2 Å². The van der Waals surface area contributed by atoms with Crippen LogP contribution in [0.3, 0.4) is 0 Å². The van der Waals surface area contributed by atoms with Gasteiger partial charge in [-0.3, -0.25) is 4.79 Å². The van der Waals surface area contributed by atoms with E-state index < -0.39 is 0 Å². The third kappa shape index (κ3) is 3.79. The van der Waals surface area contributed by atoms with Crippen LogP contribution in [0.1, 0.15) is 17.2 Å². The quantitative estimate of drug-likeness (QED) is 0.778. The molecule has 1 unspecified atom stereocenters. The second kappa shape index (κ2) is 6.99. The van der Waals surface area contributed by atoms with Crippen molar-refractivity contribution >= 4 is 11.9 Å². The summed E-state index contributed by atoms with van der Waals surface area (Å²) in [6.45, 7) is 2.57. The van der Waals surface area contributed by atoms with Gasteiger partial charge in [0.25, 0.3) is 0 Å². The Morgan fingerprint density at radius 2 is 2.14 bits per heavy atom. The number of benzene rings is 1. The van der Waals surface area contributed by atoms with Crippen LogP contribution in [-0.2, 0) is 11.3 Å². The van der Waals surface area contributed by atoms with Crippen molar-refractivity contribution in [3.63, 3.8) is 0 Å². The van der Waals surface area contributed by atoms with Crippen molar-refractivity contribution in [2.24, 2.45) is 0 Å². The number of nitrogens with zero attached hydrogens (tertiary/aromatic N) is 5. The van der Waals surface area contributed by atoms with Crippen molar-refractivity contribution in [2.75, 3.05) is 26.4 Å². The summed E-state index contributed by atoms with van der Waals surface area (Å²) in [6.07, 6.45) is 0. The molecule has 1 atom stereocenters. The predicted molar refractivity (Wildman–Crippen MR) is 82.8 cm³/mol. The molecule has 2 rings (SSSR count). The molecule has 1 aromatic heterocycles. The van der Waals surface area contributed by atoms with Crippen LogP contribution in [0.2, 0.25) is 0 Å². The number of aryl methyl sites for hydroxylation is 1. The van der Waals surface area contributed by atoms with Crippen LogP contribution in [0.5, 0.6) is 0 Å². The summed E-state index contributed by atoms with van der Waals surface area (Å²) in [5.74, 6) is -0.0577. The molecule has 0 spiro atoms. The zero-order valence-corrected chi connectivity index (χ0v) is 13.0. The average molecular weight is 303 g/mol. The summed E-state index contributed by atoms with van der Waals surface area (Å²) in [5.41, 5.74) is 7.93. The van der Waals surface area contributed by atoms with Gasteiger partial charge in [0.2, 0.25) is 11.9 Å². The van der Waals surface area contributed by atoms with Crippen molar-refractivity contribution in [1.82, 2.24) is 30.4 Å². The number of nitrogens with two attached hydrogens (primary N) is 1. The molecule has 0 bridgehead atoms. The van der Waals surface area contributed by atoms with E-state index in [1.165, 1.54) is 15.8 Å². The van der Waals surface area contributed by atoms with Crippen LogP contribution in [0, 0.1) is 6.92 Å². The smallest absolute Gasteiger partial charge is 0.242 e. The molecule has 8 nitrogen and oxygen atoms in total. The predicted octanol–water partition coefficient (Wildman–Crippen LogP) is -0.0172. The summed E-state index contributed by atoms with van der Waals surface area (Å²) < 4.78 is 1.26. The number of amides is 1. The van der Waals surface area contributed by atoms with Crippen molar-refractivity contribution in [2.45, 2.75) is 19.5 Å². The van der Waals surface area contributed by atoms with Crippen LogP contribution in [0.4, 0.5) is 5.95 Å². The van der Waals surface area contributed by atoms with E-state index in [1.54, 1.807) is 0 Å². The Morgan fingerprint density at radius 3 is 2.73 bits per heavy atom. The molecule has 22 heavy (non-hydrogen) atoms. The first-order chi connectivity index (χ1) is 10.5. The number of rotatable bonds is 6. The molecule has 0 aliphatic rings. The topological polar surface area (TPSA) is 102 Å². The fourth-order valence-electron chi connectivity index (χ4n) is 2.26. The Morgan fingerprint density at radius 1 is 1.41 bits per heavy atom. The number of likely N-dealkylation sites (N-methyl/N-ethyl adjacent to an activating group) is 1. The molecule has 0 saturated heterocycles. The summed E-state index contributed by atoms with van der Waals surface area (Å²) in [6, 6.07) is 8.24. The lowest BCUT2D eigenvalue weighted by Crippen LogP contribution is -2.36. The first-order valence-electron chi connectivity index (χ1n) is 6.99. The number of nitrogen functional groups attached to an aromatic ring is 1. The summed E-state index contributed by atoms with van der Waals surface area (Å²) >= 11 is 0. The molecular weight excluding hydrogens is 282 g/mol. The molecular formula is C14H21N7O. The van der Waals surface area contributed by atoms with Crippen molar-refractivity contribution in [3.05, 3.63) is 35.4 Å². The van der Waals surface area contributed by atoms with E-state index in [9.17, 15) is 4.79 Å². The van der Waals surface area contributed by atoms with Crippen molar-refractivity contribution < 1.29 is 4.79 Å². The number of nitrogens with one attached hydrogen (secondary N) is 1. The number of aromatic nitrogens is 4. The third-order valence-electron chi connectivity index (χ3n) is 3.52. The fraction of sp³-hybridized carbons (Fsp3) is 0.429. The van der Waals surface area contributed by atoms with Gasteiger partial charge in [0, 0.05) is 6.54 Å². The molecule has 1 aromatic carbocycles. The molecule has 8 heteroatoms. The molecule has 0 aliphatic heterocycles. The average Bonchev–Trinajstić information content (AvgIpc) is 2.86. The number of carbonyl (C=O) groups is 1. The van der Waals surface area contributed by atoms with Gasteiger partial charge in [-0.05, 0) is 42.6 Å². The summed E-state index contributed by atoms with van der Waals surface area (Å²) in [5, 5.41) is 13.5. The fourth-order valence-corrected chi connectivity index (χ4v) is 2.26. The van der Waals surface area contributed by atoms with Gasteiger partial charge in [-0.1, -0.05) is 29.4 Å². The zero-order chi connectivity index (χ0) is 16.1. The molecule has 118 valence electrons. The van der Waals surface area contributed by atoms with Crippen LogP contribution in [0.25, 0.3) is 0 Å². The molecule has 1 amide bonds. The second-order valence-electron chi connectivity index (χ2n) is 5.33. The normalized spacial score (nSPS) is 12.4. The van der Waals surface area contributed by atoms with E-state index in [2.05, 4.69) is 44.8 Å². The van der Waals surface area contributed by atoms with E-state index in [0.717, 1.165) is 0 Å². The Labute approximate surface area is 129 Å². The van der Waals surface area contributed by atoms with Crippen LogP contribution in [-0.4, -0.2) is 51.7 Å². The third-order valence-corrected chi connectivity index (χ3v) is 3.52. The first-order valence-corrected chi connectivity index (χ1v) is 6.99. The molecule has 0 saturated carbocycles. The molecule has 0 aliphatic carbocycles. The number of hydrogen-bond acceptors (Lipinski definition) is 6. The van der Waals surface area contributed by atoms with Gasteiger partial charge in [-0.25, -0.2) is 4.68 Å². The summed E-state index contributed by atoms with van der Waals surface area (Å²) in [7, 11) is 3.98. The SMILES string of the molecule is Cc1ccccc1C(CNC(=O)Cn1nnnc1N)N(C)C. The van der Waals surface area contributed by atoms with E-state index in [0.29, 0.717) is 6.54 Å². The minimum Gasteiger partial charge on any atom is -0.367 e. The monoisotopic (exact) mass is 303 g/mol. The highest BCUT2D eigenvalue weighted by Crippen LogP contribution is 2.20. The Balaban J connectivity index is 1.99. The number of tetrazole rings is 1. The summed E-state index contributed by atoms with van der Waals surface area (Å²) in [4.78, 5) is 14.1. The Bertz CT molecular complexity index is 638. The van der Waals surface area contributed by atoms with Crippen LogP contribution < -0.4 is 11.1 Å². The highest BCUT2D eigenvalue weighted by molar-refractivity contribution is 5.75. The van der Waals surface area contributed by atoms with Gasteiger partial charge in [-0.15, -0.1) is 0 Å². The van der Waals surface area contributed by atoms with Crippen molar-refractivity contribution in [3.8, 4) is 0 Å². The minimum atomic E-state index is -0.181. The lowest BCUT2D eigenvalue weighted by Gasteiger charge is -2.26. The Kier molecular flexibility index (Phi) is 5.05. The second-order valence-corrected chi connectivity index (χ2v) is 5.33. The van der Waals surface area contributed by atoms with E-state index in [-0.39, 0.29) is 24.4 Å². The number of carbonyl (C=O) groups excluding carboxylic acids is 1. The largest absolute Gasteiger partial charge is 0.367 e. The first kappa shape index (κ1) is 15.9. The Hall–Kier alpha value is -2.48. The number of hydrogen-bond donors (Lipinski definition) is 2. The minimum absolute atomic E-state index is 0.00670. The molecule has 3 N–H and O–H groups in total. The molecule has 0 fully saturated rings. The van der Waals surface area contributed by atoms with Crippen LogP contribution >= 0.6 is 0 Å². The van der Waals surface area contributed by atoms with Gasteiger partial charge in [0.15, 0.2) is 0 Å². The maximum atomic E-state index is 12.0. The highest BCUT2D eigenvalue weighted by Gasteiger charge is 2.17. The van der Waals surface area contributed by atoms with Gasteiger partial charge in [-0.2, -0.15) is 0 Å². The molecule has 1 heterocycles. The molecule has 0 radical (unpaired) electrons. The van der Waals surface area contributed by atoms with Crippen LogP contribution in [0.15, 0.2) is 24.3 Å². The lowest BCUT2D eigenvalue weighted by atomic mass is 10.0. The van der Waals surface area contributed by atoms with E-state index in [4.69, 9.17) is 5.73 Å². The van der Waals surface area contributed by atoms with Gasteiger partial charge >= 0.3 is 0 Å². The maximum absolute atomic E-state index is 12.0. The standard InChI is InChI=1S/C14H21N7O/c1-10-6-4-5-7-11(10)12(20(2)3)8-16-13(22)9-21-14(15)17-18-19-21/h4-7,12H,8-9H2,1-3H3,(H,16,22)(H2,15,17,19). The number of anilines is 1. The van der Waals surface area contributed by atoms with Gasteiger partial charge in [0.1, 0.15) is 6.54 Å².